The fourth-order valence-electron chi connectivity index (χ4n) is 5.21. The lowest BCUT2D eigenvalue weighted by atomic mass is 9.67. The van der Waals surface area contributed by atoms with Crippen molar-refractivity contribution in [1.29, 1.82) is 0 Å². The lowest BCUT2D eigenvalue weighted by molar-refractivity contribution is -0.141. The smallest absolute Gasteiger partial charge is 0.228 e. The number of fused-ring (bicyclic) bond motifs is 1. The van der Waals surface area contributed by atoms with E-state index in [0.29, 0.717) is 22.8 Å². The highest BCUT2D eigenvalue weighted by atomic mass is 16.2. The highest BCUT2D eigenvalue weighted by Crippen LogP contribution is 2.70. The maximum Gasteiger partial charge on any atom is 0.228 e. The molecule has 1 spiro atoms. The minimum absolute atomic E-state index is 0.225. The molecule has 1 heterocycles. The minimum Gasteiger partial charge on any atom is -0.339 e. The van der Waals surface area contributed by atoms with Gasteiger partial charge in [-0.05, 0) is 42.4 Å². The lowest BCUT2D eigenvalue weighted by Crippen LogP contribution is -2.46. The van der Waals surface area contributed by atoms with Crippen molar-refractivity contribution in [2.75, 3.05) is 6.54 Å². The number of hydrogen-bond acceptors (Lipinski definition) is 1. The van der Waals surface area contributed by atoms with E-state index in [9.17, 15) is 4.79 Å². The number of amides is 1. The van der Waals surface area contributed by atoms with Crippen molar-refractivity contribution >= 4 is 5.91 Å². The van der Waals surface area contributed by atoms with Gasteiger partial charge in [0.25, 0.3) is 0 Å². The SMILES string of the molecule is CC(C)(C)C(=O)N1CCC23CCC(CC12)C3(C)C. The molecule has 0 N–H and O–H groups in total. The molecule has 0 aromatic heterocycles. The summed E-state index contributed by atoms with van der Waals surface area (Å²) < 4.78 is 0. The van der Waals surface area contributed by atoms with Crippen LogP contribution >= 0.6 is 0 Å². The highest BCUT2D eigenvalue weighted by molar-refractivity contribution is 5.82. The summed E-state index contributed by atoms with van der Waals surface area (Å²) in [6, 6.07) is 0.540. The maximum atomic E-state index is 12.6. The second kappa shape index (κ2) is 3.32. The molecule has 102 valence electrons. The van der Waals surface area contributed by atoms with Crippen LogP contribution < -0.4 is 0 Å². The quantitative estimate of drug-likeness (QED) is 0.644. The number of rotatable bonds is 0. The fraction of sp³-hybridized carbons (Fsp3) is 0.938. The van der Waals surface area contributed by atoms with Crippen molar-refractivity contribution in [1.82, 2.24) is 4.90 Å². The van der Waals surface area contributed by atoms with E-state index in [1.807, 2.05) is 0 Å². The first-order valence-corrected chi connectivity index (χ1v) is 7.51. The first kappa shape index (κ1) is 12.5. The normalized spacial score (nSPS) is 41.3. The van der Waals surface area contributed by atoms with Gasteiger partial charge in [-0.25, -0.2) is 0 Å². The van der Waals surface area contributed by atoms with Crippen LogP contribution in [0.2, 0.25) is 0 Å². The molecule has 1 aliphatic heterocycles. The van der Waals surface area contributed by atoms with Gasteiger partial charge >= 0.3 is 0 Å². The standard InChI is InChI=1S/C16H27NO/c1-14(2,3)13(18)17-9-8-16-7-6-11(10-12(16)17)15(16,4)5/h11-12H,6-10H2,1-5H3. The van der Waals surface area contributed by atoms with Gasteiger partial charge in [-0.15, -0.1) is 0 Å². The van der Waals surface area contributed by atoms with E-state index in [4.69, 9.17) is 0 Å². The third kappa shape index (κ3) is 1.27. The van der Waals surface area contributed by atoms with Crippen LogP contribution in [-0.2, 0) is 4.79 Å². The third-order valence-corrected chi connectivity index (χ3v) is 6.47. The van der Waals surface area contributed by atoms with Gasteiger partial charge in [-0.2, -0.15) is 0 Å². The van der Waals surface area contributed by atoms with Crippen LogP contribution in [0.3, 0.4) is 0 Å². The molecule has 1 amide bonds. The molecule has 18 heavy (non-hydrogen) atoms. The van der Waals surface area contributed by atoms with E-state index in [0.717, 1.165) is 12.5 Å². The molecular formula is C16H27NO. The molecule has 0 radical (unpaired) electrons. The zero-order valence-electron chi connectivity index (χ0n) is 12.5. The van der Waals surface area contributed by atoms with E-state index in [1.54, 1.807) is 0 Å². The summed E-state index contributed by atoms with van der Waals surface area (Å²) in [5.74, 6) is 1.21. The fourth-order valence-corrected chi connectivity index (χ4v) is 5.21. The van der Waals surface area contributed by atoms with Crippen molar-refractivity contribution < 1.29 is 4.79 Å². The van der Waals surface area contributed by atoms with Crippen LogP contribution in [0.5, 0.6) is 0 Å². The lowest BCUT2D eigenvalue weighted by Gasteiger charge is -2.40. The average Bonchev–Trinajstić information content (AvgIpc) is 2.82. The molecule has 2 aliphatic carbocycles. The molecule has 3 unspecified atom stereocenters. The molecule has 2 saturated carbocycles. The van der Waals surface area contributed by atoms with Crippen LogP contribution in [0.1, 0.15) is 60.3 Å². The van der Waals surface area contributed by atoms with E-state index < -0.39 is 0 Å². The van der Waals surface area contributed by atoms with Crippen molar-refractivity contribution in [2.24, 2.45) is 22.2 Å². The Kier molecular flexibility index (Phi) is 2.30. The largest absolute Gasteiger partial charge is 0.339 e. The van der Waals surface area contributed by atoms with Crippen LogP contribution in [0.25, 0.3) is 0 Å². The Balaban J connectivity index is 1.92. The van der Waals surface area contributed by atoms with Crippen molar-refractivity contribution in [3.05, 3.63) is 0 Å². The highest BCUT2D eigenvalue weighted by Gasteiger charge is 2.68. The number of likely N-dealkylation sites (tertiary alicyclic amines) is 1. The Hall–Kier alpha value is -0.530. The molecule has 1 saturated heterocycles. The van der Waals surface area contributed by atoms with Crippen LogP contribution in [0, 0.1) is 22.2 Å². The molecular weight excluding hydrogens is 222 g/mol. The number of carbonyl (C=O) groups is 1. The van der Waals surface area contributed by atoms with Gasteiger partial charge in [0.15, 0.2) is 0 Å². The number of nitrogens with zero attached hydrogens (tertiary/aromatic N) is 1. The average molecular weight is 249 g/mol. The summed E-state index contributed by atoms with van der Waals surface area (Å²) >= 11 is 0. The second-order valence-electron chi connectivity index (χ2n) is 8.36. The minimum atomic E-state index is -0.225. The summed E-state index contributed by atoms with van der Waals surface area (Å²) in [5.41, 5.74) is 0.667. The van der Waals surface area contributed by atoms with E-state index >= 15 is 0 Å². The van der Waals surface area contributed by atoms with Crippen molar-refractivity contribution in [3.8, 4) is 0 Å². The van der Waals surface area contributed by atoms with Gasteiger partial charge in [0.05, 0.1) is 0 Å². The molecule has 3 atom stereocenters. The Labute approximate surface area is 111 Å². The monoisotopic (exact) mass is 249 g/mol. The van der Waals surface area contributed by atoms with Gasteiger partial charge in [0.2, 0.25) is 5.91 Å². The van der Waals surface area contributed by atoms with Gasteiger partial charge in [-0.3, -0.25) is 4.79 Å². The van der Waals surface area contributed by atoms with Crippen LogP contribution in [0.15, 0.2) is 0 Å². The van der Waals surface area contributed by atoms with Crippen LogP contribution in [0.4, 0.5) is 0 Å². The molecule has 3 fully saturated rings. The van der Waals surface area contributed by atoms with Gasteiger partial charge in [0, 0.05) is 18.0 Å². The Morgan fingerprint density at radius 2 is 1.89 bits per heavy atom. The second-order valence-corrected chi connectivity index (χ2v) is 8.36. The molecule has 0 aromatic rings. The van der Waals surface area contributed by atoms with Gasteiger partial charge < -0.3 is 4.90 Å². The summed E-state index contributed by atoms with van der Waals surface area (Å²) in [6.07, 6.45) is 5.24. The summed E-state index contributed by atoms with van der Waals surface area (Å²) in [7, 11) is 0. The van der Waals surface area contributed by atoms with Gasteiger partial charge in [-0.1, -0.05) is 34.6 Å². The molecule has 2 nitrogen and oxygen atoms in total. The predicted octanol–water partition coefficient (Wildman–Crippen LogP) is 3.46. The molecule has 2 bridgehead atoms. The van der Waals surface area contributed by atoms with Crippen LogP contribution in [-0.4, -0.2) is 23.4 Å². The number of hydrogen-bond donors (Lipinski definition) is 0. The zero-order chi connectivity index (χ0) is 13.3. The van der Waals surface area contributed by atoms with Crippen molar-refractivity contribution in [2.45, 2.75) is 66.3 Å². The summed E-state index contributed by atoms with van der Waals surface area (Å²) in [4.78, 5) is 14.9. The first-order valence-electron chi connectivity index (χ1n) is 7.51. The molecule has 3 rings (SSSR count). The van der Waals surface area contributed by atoms with E-state index in [2.05, 4.69) is 39.5 Å². The summed E-state index contributed by atoms with van der Waals surface area (Å²) in [5, 5.41) is 0. The third-order valence-electron chi connectivity index (χ3n) is 6.47. The first-order chi connectivity index (χ1) is 8.20. The van der Waals surface area contributed by atoms with Crippen molar-refractivity contribution in [3.63, 3.8) is 0 Å². The summed E-state index contributed by atoms with van der Waals surface area (Å²) in [6.45, 7) is 12.1. The maximum absolute atomic E-state index is 12.6. The topological polar surface area (TPSA) is 20.3 Å². The van der Waals surface area contributed by atoms with E-state index in [-0.39, 0.29) is 5.41 Å². The zero-order valence-corrected chi connectivity index (χ0v) is 12.5. The Morgan fingerprint density at radius 1 is 1.22 bits per heavy atom. The Morgan fingerprint density at radius 3 is 2.44 bits per heavy atom. The van der Waals surface area contributed by atoms with Gasteiger partial charge in [0.1, 0.15) is 0 Å². The number of carbonyl (C=O) groups excluding carboxylic acids is 1. The molecule has 3 aliphatic rings. The Bertz CT molecular complexity index is 392. The van der Waals surface area contributed by atoms with E-state index in [1.165, 1.54) is 25.7 Å². The predicted molar refractivity (Wildman–Crippen MR) is 73.1 cm³/mol. The molecule has 0 aromatic carbocycles. The molecule has 2 heteroatoms.